The molecule has 1 fully saturated rings. The topological polar surface area (TPSA) is 44.3 Å². The molecule has 0 bridgehead atoms. The number of anilines is 2. The van der Waals surface area contributed by atoms with Gasteiger partial charge in [-0.2, -0.15) is 4.98 Å². The van der Waals surface area contributed by atoms with Gasteiger partial charge in [0, 0.05) is 44.7 Å². The number of aromatic nitrogens is 2. The molecule has 29 heavy (non-hydrogen) atoms. The van der Waals surface area contributed by atoms with Crippen LogP contribution in [0.15, 0.2) is 73.3 Å². The molecule has 2 heterocycles. The number of hydrogen-bond acceptors (Lipinski definition) is 5. The molecule has 5 heteroatoms. The van der Waals surface area contributed by atoms with Gasteiger partial charge in [-0.05, 0) is 17.7 Å². The number of benzene rings is 2. The second kappa shape index (κ2) is 9.34. The van der Waals surface area contributed by atoms with Crippen molar-refractivity contribution in [3.8, 4) is 0 Å². The third-order valence-corrected chi connectivity index (χ3v) is 5.13. The van der Waals surface area contributed by atoms with Gasteiger partial charge in [-0.25, -0.2) is 4.98 Å². The summed E-state index contributed by atoms with van der Waals surface area (Å²) in [5.41, 5.74) is 2.22. The molecule has 0 atom stereocenters. The van der Waals surface area contributed by atoms with Gasteiger partial charge in [-0.3, -0.25) is 4.90 Å². The fourth-order valence-electron chi connectivity index (χ4n) is 3.54. The molecule has 1 aromatic heterocycles. The van der Waals surface area contributed by atoms with Crippen molar-refractivity contribution in [3.05, 3.63) is 78.9 Å². The van der Waals surface area contributed by atoms with Crippen molar-refractivity contribution in [2.75, 3.05) is 49.5 Å². The first-order valence-electron chi connectivity index (χ1n) is 10.1. The van der Waals surface area contributed by atoms with E-state index in [9.17, 15) is 0 Å². The van der Waals surface area contributed by atoms with Crippen LogP contribution in [0.25, 0.3) is 17.0 Å². The average Bonchev–Trinajstić information content (AvgIpc) is 2.78. The van der Waals surface area contributed by atoms with E-state index in [0.717, 1.165) is 55.4 Å². The number of nitrogens with zero attached hydrogens (tertiary/aromatic N) is 4. The largest absolute Gasteiger partial charge is 0.366 e. The van der Waals surface area contributed by atoms with Gasteiger partial charge in [0.15, 0.2) is 0 Å². The zero-order chi connectivity index (χ0) is 19.9. The number of rotatable bonds is 7. The molecule has 0 saturated carbocycles. The van der Waals surface area contributed by atoms with E-state index < -0.39 is 0 Å². The van der Waals surface area contributed by atoms with Crippen LogP contribution in [0.5, 0.6) is 0 Å². The molecule has 4 rings (SSSR count). The summed E-state index contributed by atoms with van der Waals surface area (Å²) >= 11 is 0. The molecular weight excluding hydrogens is 358 g/mol. The maximum absolute atomic E-state index is 4.81. The summed E-state index contributed by atoms with van der Waals surface area (Å²) in [6.45, 7) is 9.31. The van der Waals surface area contributed by atoms with Crippen molar-refractivity contribution in [1.29, 1.82) is 0 Å². The van der Waals surface area contributed by atoms with Crippen molar-refractivity contribution in [2.24, 2.45) is 0 Å². The Morgan fingerprint density at radius 2 is 1.69 bits per heavy atom. The van der Waals surface area contributed by atoms with Gasteiger partial charge in [0.2, 0.25) is 5.95 Å². The lowest BCUT2D eigenvalue weighted by molar-refractivity contribution is 0.283. The van der Waals surface area contributed by atoms with E-state index in [2.05, 4.69) is 64.2 Å². The predicted molar refractivity (Wildman–Crippen MR) is 122 cm³/mol. The average molecular weight is 386 g/mol. The Hall–Kier alpha value is -3.18. The van der Waals surface area contributed by atoms with Gasteiger partial charge in [-0.15, -0.1) is 6.58 Å². The third-order valence-electron chi connectivity index (χ3n) is 5.13. The van der Waals surface area contributed by atoms with E-state index in [1.807, 2.05) is 30.3 Å². The standard InChI is InChI=1S/C24H27N5/c1-2-14-25-23-21-12-6-7-13-22(21)26-24(27-23)29-18-16-28(17-19-29)15-8-11-20-9-4-3-5-10-20/h2-13H,1,14-19H2,(H,25,26,27)/b11-8+. The van der Waals surface area contributed by atoms with Crippen LogP contribution >= 0.6 is 0 Å². The maximum atomic E-state index is 4.81. The fraction of sp³-hybridized carbons (Fsp3) is 0.250. The minimum atomic E-state index is 0.683. The summed E-state index contributed by atoms with van der Waals surface area (Å²) in [5, 5.41) is 4.40. The SMILES string of the molecule is C=CCNc1nc(N2CCN(C/C=C/c3ccccc3)CC2)nc2ccccc12. The van der Waals surface area contributed by atoms with Gasteiger partial charge in [0.05, 0.1) is 5.52 Å². The molecule has 1 saturated heterocycles. The Morgan fingerprint density at radius 1 is 0.931 bits per heavy atom. The zero-order valence-corrected chi connectivity index (χ0v) is 16.7. The molecule has 2 aromatic carbocycles. The van der Waals surface area contributed by atoms with Crippen molar-refractivity contribution in [3.63, 3.8) is 0 Å². The highest BCUT2D eigenvalue weighted by molar-refractivity contribution is 5.90. The Kier molecular flexibility index (Phi) is 6.17. The van der Waals surface area contributed by atoms with E-state index in [1.54, 1.807) is 0 Å². The van der Waals surface area contributed by atoms with Gasteiger partial charge < -0.3 is 10.2 Å². The van der Waals surface area contributed by atoms with E-state index in [4.69, 9.17) is 9.97 Å². The molecule has 0 radical (unpaired) electrons. The molecule has 148 valence electrons. The first-order chi connectivity index (χ1) is 14.3. The summed E-state index contributed by atoms with van der Waals surface area (Å²) in [6.07, 6.45) is 6.28. The van der Waals surface area contributed by atoms with Crippen molar-refractivity contribution in [1.82, 2.24) is 14.9 Å². The number of para-hydroxylation sites is 1. The molecule has 1 N–H and O–H groups in total. The zero-order valence-electron chi connectivity index (χ0n) is 16.7. The molecule has 1 aliphatic rings. The number of nitrogens with one attached hydrogen (secondary N) is 1. The summed E-state index contributed by atoms with van der Waals surface area (Å²) in [7, 11) is 0. The molecule has 1 aliphatic heterocycles. The third kappa shape index (κ3) is 4.81. The molecule has 0 unspecified atom stereocenters. The number of fused-ring (bicyclic) bond motifs is 1. The van der Waals surface area contributed by atoms with Crippen molar-refractivity contribution >= 4 is 28.7 Å². The highest BCUT2D eigenvalue weighted by atomic mass is 15.3. The van der Waals surface area contributed by atoms with E-state index in [-0.39, 0.29) is 0 Å². The minimum absolute atomic E-state index is 0.683. The summed E-state index contributed by atoms with van der Waals surface area (Å²) in [5.74, 6) is 1.67. The van der Waals surface area contributed by atoms with Crippen molar-refractivity contribution in [2.45, 2.75) is 0 Å². The second-order valence-corrected chi connectivity index (χ2v) is 7.16. The Labute approximate surface area is 172 Å². The Balaban J connectivity index is 1.41. The number of piperazine rings is 1. The van der Waals surface area contributed by atoms with Crippen LogP contribution in [0, 0.1) is 0 Å². The first kappa shape index (κ1) is 19.2. The highest BCUT2D eigenvalue weighted by Crippen LogP contribution is 2.24. The first-order valence-corrected chi connectivity index (χ1v) is 10.1. The van der Waals surface area contributed by atoms with Crippen LogP contribution in [0.4, 0.5) is 11.8 Å². The predicted octanol–water partition coefficient (Wildman–Crippen LogP) is 4.06. The summed E-state index contributed by atoms with van der Waals surface area (Å²) in [6, 6.07) is 18.6. The maximum Gasteiger partial charge on any atom is 0.227 e. The van der Waals surface area contributed by atoms with Gasteiger partial charge >= 0.3 is 0 Å². The minimum Gasteiger partial charge on any atom is -0.366 e. The van der Waals surface area contributed by atoms with Gasteiger partial charge in [0.25, 0.3) is 0 Å². The van der Waals surface area contributed by atoms with Gasteiger partial charge in [-0.1, -0.05) is 60.7 Å². The molecule has 3 aromatic rings. The smallest absolute Gasteiger partial charge is 0.227 e. The van der Waals surface area contributed by atoms with Crippen LogP contribution in [0.2, 0.25) is 0 Å². The fourth-order valence-corrected chi connectivity index (χ4v) is 3.54. The van der Waals surface area contributed by atoms with Crippen LogP contribution in [0.3, 0.4) is 0 Å². The second-order valence-electron chi connectivity index (χ2n) is 7.16. The Bertz CT molecular complexity index is 975. The molecule has 0 amide bonds. The van der Waals surface area contributed by atoms with E-state index in [1.165, 1.54) is 5.56 Å². The van der Waals surface area contributed by atoms with Crippen LogP contribution in [-0.2, 0) is 0 Å². The lowest BCUT2D eigenvalue weighted by atomic mass is 10.2. The quantitative estimate of drug-likeness (QED) is 0.621. The van der Waals surface area contributed by atoms with Crippen LogP contribution in [0.1, 0.15) is 5.56 Å². The molecular formula is C24H27N5. The molecule has 0 spiro atoms. The Morgan fingerprint density at radius 3 is 2.48 bits per heavy atom. The van der Waals surface area contributed by atoms with Crippen LogP contribution < -0.4 is 10.2 Å². The molecule has 0 aliphatic carbocycles. The van der Waals surface area contributed by atoms with Crippen LogP contribution in [-0.4, -0.2) is 54.1 Å². The van der Waals surface area contributed by atoms with Crippen molar-refractivity contribution < 1.29 is 0 Å². The number of hydrogen-bond donors (Lipinski definition) is 1. The van der Waals surface area contributed by atoms with Gasteiger partial charge in [0.1, 0.15) is 5.82 Å². The monoisotopic (exact) mass is 385 g/mol. The van der Waals surface area contributed by atoms with E-state index in [0.29, 0.717) is 6.54 Å². The molecule has 5 nitrogen and oxygen atoms in total. The lowest BCUT2D eigenvalue weighted by Gasteiger charge is -2.34. The normalized spacial score (nSPS) is 15.1. The highest BCUT2D eigenvalue weighted by Gasteiger charge is 2.19. The lowest BCUT2D eigenvalue weighted by Crippen LogP contribution is -2.47. The van der Waals surface area contributed by atoms with E-state index >= 15 is 0 Å². The summed E-state index contributed by atoms with van der Waals surface area (Å²) in [4.78, 5) is 14.4. The summed E-state index contributed by atoms with van der Waals surface area (Å²) < 4.78 is 0.